The van der Waals surface area contributed by atoms with Crippen molar-refractivity contribution in [1.82, 2.24) is 20.3 Å². The molecule has 2 aliphatic rings. The fraction of sp³-hybridized carbons (Fsp3) is 0.292. The maximum atomic E-state index is 14.5. The number of fused-ring (bicyclic) bond motifs is 9. The number of pyridine rings is 1. The molecule has 1 aromatic carbocycles. The molecule has 0 saturated heterocycles. The molecule has 4 heterocycles. The molecule has 5 rings (SSSR count). The van der Waals surface area contributed by atoms with E-state index in [0.717, 1.165) is 24.8 Å². The number of methoxy groups -OCH3 is 1. The second kappa shape index (κ2) is 10.2. The van der Waals surface area contributed by atoms with Crippen LogP contribution in [0.15, 0.2) is 36.7 Å². The van der Waals surface area contributed by atoms with Crippen molar-refractivity contribution in [2.24, 2.45) is 0 Å². The van der Waals surface area contributed by atoms with Gasteiger partial charge in [-0.3, -0.25) is 4.79 Å². The number of hydrogen-bond donors (Lipinski definition) is 3. The van der Waals surface area contributed by atoms with E-state index in [2.05, 4.69) is 30.9 Å². The number of carbonyl (C=O) groups is 2. The van der Waals surface area contributed by atoms with Crippen molar-refractivity contribution >= 4 is 29.3 Å². The molecule has 6 bridgehead atoms. The Morgan fingerprint density at radius 2 is 1.82 bits per heavy atom. The van der Waals surface area contributed by atoms with Crippen LogP contribution in [0.1, 0.15) is 45.5 Å². The number of rotatable bonds is 1. The fourth-order valence-electron chi connectivity index (χ4n) is 3.63. The van der Waals surface area contributed by atoms with Gasteiger partial charge in [0.1, 0.15) is 5.82 Å². The van der Waals surface area contributed by atoms with E-state index in [1.807, 2.05) is 6.92 Å². The van der Waals surface area contributed by atoms with Gasteiger partial charge in [-0.25, -0.2) is 14.8 Å². The maximum absolute atomic E-state index is 14.5. The fourth-order valence-corrected chi connectivity index (χ4v) is 3.63. The van der Waals surface area contributed by atoms with Gasteiger partial charge in [0.2, 0.25) is 11.9 Å². The molecule has 0 atom stereocenters. The molecule has 0 fully saturated rings. The Morgan fingerprint density at radius 3 is 2.62 bits per heavy atom. The lowest BCUT2D eigenvalue weighted by molar-refractivity contribution is 0.0596. The molecular weight excluding hydrogens is 439 g/mol. The van der Waals surface area contributed by atoms with Crippen LogP contribution in [-0.2, 0) is 4.74 Å². The van der Waals surface area contributed by atoms with Crippen LogP contribution in [0, 0.1) is 12.9 Å². The number of nitrogens with one attached hydrogen (secondary N) is 3. The molecule has 0 radical (unpaired) electrons. The normalized spacial score (nSPS) is 14.0. The molecule has 1 amide bonds. The molecule has 3 aromatic rings. The highest BCUT2D eigenvalue weighted by molar-refractivity contribution is 6.06. The number of anilines is 3. The standard InChI is InChI=1S/C24H25FN6O3/c1-14-12-29-24-30-19-11-16(13-28-20(19)25)15-6-7-17(18(10-15)23(33)34-2)22(32)27-9-5-3-4-8-26-21(14)31-24/h6-7,10-13H,3-5,8-9H2,1-2H3,(H,27,32)(H2,26,29,30,31). The van der Waals surface area contributed by atoms with Crippen LogP contribution < -0.4 is 16.0 Å². The van der Waals surface area contributed by atoms with Crippen LogP contribution in [0.2, 0.25) is 0 Å². The first kappa shape index (κ1) is 23.1. The molecule has 176 valence electrons. The SMILES string of the molecule is COC(=O)c1cc2ccc1C(=O)NCCCCCNc1nc(ncc1C)Nc1cc-2cnc1F. The molecule has 0 aliphatic carbocycles. The minimum Gasteiger partial charge on any atom is -0.465 e. The average Bonchev–Trinajstić information content (AvgIpc) is 2.85. The zero-order valence-electron chi connectivity index (χ0n) is 18.9. The summed E-state index contributed by atoms with van der Waals surface area (Å²) in [7, 11) is 1.25. The van der Waals surface area contributed by atoms with E-state index < -0.39 is 11.9 Å². The Labute approximate surface area is 196 Å². The topological polar surface area (TPSA) is 118 Å². The third kappa shape index (κ3) is 5.11. The first-order valence-corrected chi connectivity index (χ1v) is 11.0. The molecule has 0 saturated carbocycles. The highest BCUT2D eigenvalue weighted by Gasteiger charge is 2.19. The summed E-state index contributed by atoms with van der Waals surface area (Å²) in [4.78, 5) is 37.7. The van der Waals surface area contributed by atoms with Crippen molar-refractivity contribution in [3.63, 3.8) is 0 Å². The minimum absolute atomic E-state index is 0.0756. The molecule has 0 spiro atoms. The highest BCUT2D eigenvalue weighted by Crippen LogP contribution is 2.28. The first-order chi connectivity index (χ1) is 16.5. The van der Waals surface area contributed by atoms with Gasteiger partial charge in [-0.2, -0.15) is 9.37 Å². The average molecular weight is 465 g/mol. The van der Waals surface area contributed by atoms with Gasteiger partial charge < -0.3 is 20.7 Å². The third-order valence-corrected chi connectivity index (χ3v) is 5.49. The van der Waals surface area contributed by atoms with Gasteiger partial charge in [-0.1, -0.05) is 6.07 Å². The van der Waals surface area contributed by atoms with Crippen molar-refractivity contribution in [2.45, 2.75) is 26.2 Å². The molecule has 0 unspecified atom stereocenters. The number of ether oxygens (including phenoxy) is 1. The number of aromatic nitrogens is 3. The van der Waals surface area contributed by atoms with Crippen molar-refractivity contribution < 1.29 is 18.7 Å². The van der Waals surface area contributed by atoms with E-state index in [1.54, 1.807) is 24.4 Å². The zero-order chi connectivity index (χ0) is 24.1. The number of amides is 1. The van der Waals surface area contributed by atoms with Gasteiger partial charge in [-0.05, 0) is 49.9 Å². The maximum Gasteiger partial charge on any atom is 0.338 e. The van der Waals surface area contributed by atoms with Crippen molar-refractivity contribution in [2.75, 3.05) is 30.8 Å². The van der Waals surface area contributed by atoms with Gasteiger partial charge >= 0.3 is 5.97 Å². The second-order valence-electron chi connectivity index (χ2n) is 7.91. The number of aryl methyl sites for hydroxylation is 1. The summed E-state index contributed by atoms with van der Waals surface area (Å²) in [6.45, 7) is 3.06. The van der Waals surface area contributed by atoms with E-state index in [0.29, 0.717) is 30.0 Å². The quantitative estimate of drug-likeness (QED) is 0.367. The molecule has 3 N–H and O–H groups in total. The molecule has 2 aromatic heterocycles. The summed E-state index contributed by atoms with van der Waals surface area (Å²) in [5, 5.41) is 9.02. The van der Waals surface area contributed by atoms with Crippen LogP contribution >= 0.6 is 0 Å². The Kier molecular flexibility index (Phi) is 6.95. The van der Waals surface area contributed by atoms with Crippen LogP contribution in [0.4, 0.5) is 21.8 Å². The summed E-state index contributed by atoms with van der Waals surface area (Å²) in [6, 6.07) is 6.32. The predicted octanol–water partition coefficient (Wildman–Crippen LogP) is 3.84. The van der Waals surface area contributed by atoms with Crippen molar-refractivity contribution in [3.05, 3.63) is 59.3 Å². The first-order valence-electron chi connectivity index (χ1n) is 11.0. The van der Waals surface area contributed by atoms with Crippen molar-refractivity contribution in [3.8, 4) is 11.1 Å². The summed E-state index contributed by atoms with van der Waals surface area (Å²) < 4.78 is 19.4. The second-order valence-corrected chi connectivity index (χ2v) is 7.91. The van der Waals surface area contributed by atoms with E-state index in [1.165, 1.54) is 19.4 Å². The van der Waals surface area contributed by atoms with Crippen LogP contribution in [0.3, 0.4) is 0 Å². The molecular formula is C24H25FN6O3. The van der Waals surface area contributed by atoms with Gasteiger partial charge in [0.05, 0.1) is 23.9 Å². The zero-order valence-corrected chi connectivity index (χ0v) is 18.9. The molecule has 2 aliphatic heterocycles. The minimum atomic E-state index is -0.725. The summed E-state index contributed by atoms with van der Waals surface area (Å²) >= 11 is 0. The monoisotopic (exact) mass is 464 g/mol. The van der Waals surface area contributed by atoms with Gasteiger partial charge in [0.25, 0.3) is 5.91 Å². The van der Waals surface area contributed by atoms with Crippen LogP contribution in [0.5, 0.6) is 0 Å². The van der Waals surface area contributed by atoms with Gasteiger partial charge in [0, 0.05) is 36.6 Å². The number of hydrogen-bond acceptors (Lipinski definition) is 8. The number of esters is 1. The third-order valence-electron chi connectivity index (χ3n) is 5.49. The Balaban J connectivity index is 1.78. The number of carbonyl (C=O) groups excluding carboxylic acids is 2. The number of benzene rings is 1. The summed E-state index contributed by atoms with van der Waals surface area (Å²) in [5.41, 5.74) is 2.37. The van der Waals surface area contributed by atoms with E-state index in [9.17, 15) is 14.0 Å². The largest absolute Gasteiger partial charge is 0.465 e. The van der Waals surface area contributed by atoms with Crippen LogP contribution in [0.25, 0.3) is 11.1 Å². The van der Waals surface area contributed by atoms with E-state index in [4.69, 9.17) is 4.74 Å². The van der Waals surface area contributed by atoms with Gasteiger partial charge in [0.15, 0.2) is 0 Å². The Morgan fingerprint density at radius 1 is 1.03 bits per heavy atom. The van der Waals surface area contributed by atoms with E-state index in [-0.39, 0.29) is 28.7 Å². The van der Waals surface area contributed by atoms with Crippen molar-refractivity contribution in [1.29, 1.82) is 0 Å². The number of nitrogens with zero attached hydrogens (tertiary/aromatic N) is 3. The molecule has 10 heteroatoms. The summed E-state index contributed by atoms with van der Waals surface area (Å²) in [5.74, 6) is -0.838. The molecule has 34 heavy (non-hydrogen) atoms. The van der Waals surface area contributed by atoms with Crippen LogP contribution in [-0.4, -0.2) is 47.0 Å². The lowest BCUT2D eigenvalue weighted by Gasteiger charge is -2.12. The smallest absolute Gasteiger partial charge is 0.338 e. The Bertz CT molecular complexity index is 1230. The lowest BCUT2D eigenvalue weighted by Crippen LogP contribution is -2.26. The predicted molar refractivity (Wildman–Crippen MR) is 126 cm³/mol. The molecule has 9 nitrogen and oxygen atoms in total. The van der Waals surface area contributed by atoms with E-state index >= 15 is 0 Å². The van der Waals surface area contributed by atoms with Gasteiger partial charge in [-0.15, -0.1) is 0 Å². The number of halogens is 1. The Hall–Kier alpha value is -4.08. The lowest BCUT2D eigenvalue weighted by atomic mass is 9.99. The highest BCUT2D eigenvalue weighted by atomic mass is 19.1. The summed E-state index contributed by atoms with van der Waals surface area (Å²) in [6.07, 6.45) is 5.54.